The van der Waals surface area contributed by atoms with E-state index >= 15 is 0 Å². The van der Waals surface area contributed by atoms with Crippen molar-refractivity contribution in [2.75, 3.05) is 25.0 Å². The number of nitrogens with zero attached hydrogens (tertiary/aromatic N) is 1. The maximum absolute atomic E-state index is 12.6. The Balaban J connectivity index is 1.63. The normalized spacial score (nSPS) is 19.3. The molecule has 21 heavy (non-hydrogen) atoms. The molecule has 1 aliphatic carbocycles. The number of nitrogens with one attached hydrogen (secondary N) is 2. The van der Waals surface area contributed by atoms with Gasteiger partial charge in [-0.1, -0.05) is 23.7 Å². The van der Waals surface area contributed by atoms with E-state index in [9.17, 15) is 4.79 Å². The molecular weight excluding hydrogens is 286 g/mol. The Bertz CT molecular complexity index is 498. The van der Waals surface area contributed by atoms with Crippen LogP contribution in [-0.2, 0) is 0 Å². The van der Waals surface area contributed by atoms with Crippen LogP contribution in [0.3, 0.4) is 0 Å². The molecule has 2 amide bonds. The highest BCUT2D eigenvalue weighted by molar-refractivity contribution is 6.33. The van der Waals surface area contributed by atoms with Crippen LogP contribution in [0.5, 0.6) is 0 Å². The molecule has 0 atom stereocenters. The van der Waals surface area contributed by atoms with Gasteiger partial charge in [0.2, 0.25) is 0 Å². The van der Waals surface area contributed by atoms with E-state index in [1.54, 1.807) is 6.07 Å². The summed E-state index contributed by atoms with van der Waals surface area (Å²) >= 11 is 6.12. The van der Waals surface area contributed by atoms with Gasteiger partial charge in [0.15, 0.2) is 0 Å². The number of urea groups is 1. The van der Waals surface area contributed by atoms with Crippen molar-refractivity contribution in [1.82, 2.24) is 10.2 Å². The zero-order valence-electron chi connectivity index (χ0n) is 12.1. The Labute approximate surface area is 130 Å². The molecule has 5 heteroatoms. The van der Waals surface area contributed by atoms with Crippen LogP contribution in [0.1, 0.15) is 25.7 Å². The predicted molar refractivity (Wildman–Crippen MR) is 85.8 cm³/mol. The van der Waals surface area contributed by atoms with E-state index in [0.29, 0.717) is 22.7 Å². The first-order chi connectivity index (χ1) is 10.2. The van der Waals surface area contributed by atoms with Crippen LogP contribution in [0, 0.1) is 5.92 Å². The molecule has 0 bridgehead atoms. The molecule has 1 saturated carbocycles. The van der Waals surface area contributed by atoms with E-state index < -0.39 is 0 Å². The first kappa shape index (κ1) is 14.7. The quantitative estimate of drug-likeness (QED) is 0.896. The summed E-state index contributed by atoms with van der Waals surface area (Å²) < 4.78 is 0. The number of carbonyl (C=O) groups is 1. The van der Waals surface area contributed by atoms with E-state index in [0.717, 1.165) is 45.3 Å². The van der Waals surface area contributed by atoms with Crippen LogP contribution in [-0.4, -0.2) is 36.6 Å². The number of rotatable bonds is 4. The fourth-order valence-electron chi connectivity index (χ4n) is 2.88. The number of carbonyl (C=O) groups excluding carboxylic acids is 1. The van der Waals surface area contributed by atoms with Crippen LogP contribution < -0.4 is 10.6 Å². The molecule has 1 aromatic carbocycles. The summed E-state index contributed by atoms with van der Waals surface area (Å²) in [6, 6.07) is 7.80. The van der Waals surface area contributed by atoms with Crippen LogP contribution in [0.25, 0.3) is 0 Å². The molecule has 0 unspecified atom stereocenters. The standard InChI is InChI=1S/C16H22ClN3O/c17-14-3-1-2-4-15(14)19-16(21)20(13-5-6-13)11-12-7-9-18-10-8-12/h1-4,12-13,18H,5-11H2,(H,19,21). The van der Waals surface area contributed by atoms with Crippen molar-refractivity contribution in [2.24, 2.45) is 5.92 Å². The van der Waals surface area contributed by atoms with Crippen molar-refractivity contribution < 1.29 is 4.79 Å². The summed E-state index contributed by atoms with van der Waals surface area (Å²) in [4.78, 5) is 14.6. The molecule has 1 saturated heterocycles. The molecular formula is C16H22ClN3O. The minimum atomic E-state index is -0.0101. The number of hydrogen-bond acceptors (Lipinski definition) is 2. The highest BCUT2D eigenvalue weighted by atomic mass is 35.5. The van der Waals surface area contributed by atoms with Crippen molar-refractivity contribution in [1.29, 1.82) is 0 Å². The Morgan fingerprint density at radius 2 is 1.95 bits per heavy atom. The molecule has 1 heterocycles. The number of amides is 2. The summed E-state index contributed by atoms with van der Waals surface area (Å²) in [6.45, 7) is 2.99. The average molecular weight is 308 g/mol. The average Bonchev–Trinajstić information content (AvgIpc) is 3.33. The molecule has 114 valence electrons. The van der Waals surface area contributed by atoms with Gasteiger partial charge in [-0.15, -0.1) is 0 Å². The third kappa shape index (κ3) is 3.89. The first-order valence-corrected chi connectivity index (χ1v) is 8.14. The van der Waals surface area contributed by atoms with E-state index in [1.165, 1.54) is 0 Å². The number of benzene rings is 1. The number of anilines is 1. The van der Waals surface area contributed by atoms with Gasteiger partial charge < -0.3 is 15.5 Å². The lowest BCUT2D eigenvalue weighted by Crippen LogP contribution is -2.42. The van der Waals surface area contributed by atoms with Crippen molar-refractivity contribution in [3.8, 4) is 0 Å². The molecule has 0 spiro atoms. The van der Waals surface area contributed by atoms with Gasteiger partial charge in [-0.2, -0.15) is 0 Å². The largest absolute Gasteiger partial charge is 0.322 e. The fraction of sp³-hybridized carbons (Fsp3) is 0.562. The third-order valence-corrected chi connectivity index (χ3v) is 4.61. The topological polar surface area (TPSA) is 44.4 Å². The molecule has 1 aromatic rings. The van der Waals surface area contributed by atoms with Crippen molar-refractivity contribution in [2.45, 2.75) is 31.7 Å². The van der Waals surface area contributed by atoms with Crippen LogP contribution >= 0.6 is 11.6 Å². The highest BCUT2D eigenvalue weighted by Crippen LogP contribution is 2.30. The summed E-state index contributed by atoms with van der Waals surface area (Å²) in [5, 5.41) is 6.92. The lowest BCUT2D eigenvalue weighted by atomic mass is 9.97. The van der Waals surface area contributed by atoms with Gasteiger partial charge in [-0.05, 0) is 56.8 Å². The predicted octanol–water partition coefficient (Wildman–Crippen LogP) is 3.34. The lowest BCUT2D eigenvalue weighted by molar-refractivity contribution is 0.189. The number of para-hydroxylation sites is 1. The maximum atomic E-state index is 12.6. The summed E-state index contributed by atoms with van der Waals surface area (Å²) in [7, 11) is 0. The van der Waals surface area contributed by atoms with Crippen molar-refractivity contribution >= 4 is 23.3 Å². The Morgan fingerprint density at radius 3 is 2.62 bits per heavy atom. The Morgan fingerprint density at radius 1 is 1.24 bits per heavy atom. The molecule has 0 aromatic heterocycles. The van der Waals surface area contributed by atoms with Gasteiger partial charge in [0.05, 0.1) is 10.7 Å². The molecule has 2 fully saturated rings. The van der Waals surface area contributed by atoms with E-state index in [4.69, 9.17) is 11.6 Å². The van der Waals surface area contributed by atoms with Gasteiger partial charge in [0.1, 0.15) is 0 Å². The van der Waals surface area contributed by atoms with E-state index in [-0.39, 0.29) is 6.03 Å². The zero-order valence-corrected chi connectivity index (χ0v) is 12.9. The van der Waals surface area contributed by atoms with Gasteiger partial charge in [0.25, 0.3) is 0 Å². The monoisotopic (exact) mass is 307 g/mol. The van der Waals surface area contributed by atoms with Gasteiger partial charge >= 0.3 is 6.03 Å². The number of hydrogen-bond donors (Lipinski definition) is 2. The minimum absolute atomic E-state index is 0.0101. The number of halogens is 1. The molecule has 1 aliphatic heterocycles. The lowest BCUT2D eigenvalue weighted by Gasteiger charge is -2.30. The van der Waals surface area contributed by atoms with E-state index in [2.05, 4.69) is 10.6 Å². The fourth-order valence-corrected chi connectivity index (χ4v) is 3.06. The molecule has 0 radical (unpaired) electrons. The second-order valence-corrected chi connectivity index (χ2v) is 6.39. The Hall–Kier alpha value is -1.26. The molecule has 3 rings (SSSR count). The van der Waals surface area contributed by atoms with Gasteiger partial charge in [-0.25, -0.2) is 4.79 Å². The van der Waals surface area contributed by atoms with Crippen LogP contribution in [0.4, 0.5) is 10.5 Å². The molecule has 2 N–H and O–H groups in total. The van der Waals surface area contributed by atoms with E-state index in [1.807, 2.05) is 23.1 Å². The zero-order chi connectivity index (χ0) is 14.7. The number of piperidine rings is 1. The second kappa shape index (κ2) is 6.67. The minimum Gasteiger partial charge on any atom is -0.321 e. The Kier molecular flexibility index (Phi) is 4.66. The van der Waals surface area contributed by atoms with Crippen molar-refractivity contribution in [3.63, 3.8) is 0 Å². The molecule has 4 nitrogen and oxygen atoms in total. The smallest absolute Gasteiger partial charge is 0.321 e. The third-order valence-electron chi connectivity index (χ3n) is 4.28. The van der Waals surface area contributed by atoms with Crippen LogP contribution in [0.2, 0.25) is 5.02 Å². The summed E-state index contributed by atoms with van der Waals surface area (Å²) in [6.07, 6.45) is 4.56. The first-order valence-electron chi connectivity index (χ1n) is 7.77. The summed E-state index contributed by atoms with van der Waals surface area (Å²) in [5.74, 6) is 0.615. The van der Waals surface area contributed by atoms with Gasteiger partial charge in [0, 0.05) is 12.6 Å². The van der Waals surface area contributed by atoms with Crippen molar-refractivity contribution in [3.05, 3.63) is 29.3 Å². The van der Waals surface area contributed by atoms with Crippen LogP contribution in [0.15, 0.2) is 24.3 Å². The summed E-state index contributed by atoms with van der Waals surface area (Å²) in [5.41, 5.74) is 0.695. The highest BCUT2D eigenvalue weighted by Gasteiger charge is 2.34. The maximum Gasteiger partial charge on any atom is 0.322 e. The SMILES string of the molecule is O=C(Nc1ccccc1Cl)N(CC1CCNCC1)C1CC1. The molecule has 2 aliphatic rings. The van der Waals surface area contributed by atoms with Gasteiger partial charge in [-0.3, -0.25) is 0 Å². The second-order valence-electron chi connectivity index (χ2n) is 5.99.